The first-order valence-corrected chi connectivity index (χ1v) is 13.3. The van der Waals surface area contributed by atoms with Crippen molar-refractivity contribution in [3.05, 3.63) is 59.4 Å². The van der Waals surface area contributed by atoms with E-state index in [1.165, 1.54) is 11.1 Å². The second kappa shape index (κ2) is 11.2. The van der Waals surface area contributed by atoms with E-state index in [1.807, 2.05) is 24.0 Å². The molecule has 0 radical (unpaired) electrons. The van der Waals surface area contributed by atoms with Gasteiger partial charge in [-0.05, 0) is 56.4 Å². The van der Waals surface area contributed by atoms with E-state index in [4.69, 9.17) is 9.47 Å². The minimum absolute atomic E-state index is 0.193. The zero-order chi connectivity index (χ0) is 25.0. The fraction of sp³-hybridized carbons (Fsp3) is 0.571. The van der Waals surface area contributed by atoms with Gasteiger partial charge in [0.05, 0.1) is 12.2 Å². The Morgan fingerprint density at radius 1 is 1.17 bits per heavy atom. The first-order chi connectivity index (χ1) is 17.5. The summed E-state index contributed by atoms with van der Waals surface area (Å²) in [6, 6.07) is 10.9. The van der Waals surface area contributed by atoms with Crippen molar-refractivity contribution in [2.75, 3.05) is 45.9 Å². The first-order valence-electron chi connectivity index (χ1n) is 13.3. The Morgan fingerprint density at radius 3 is 2.69 bits per heavy atom. The Hall–Kier alpha value is -2.68. The maximum absolute atomic E-state index is 12.1. The molecule has 8 heteroatoms. The number of amides is 1. The van der Waals surface area contributed by atoms with Gasteiger partial charge < -0.3 is 19.5 Å². The largest absolute Gasteiger partial charge is 0.492 e. The lowest BCUT2D eigenvalue weighted by molar-refractivity contribution is -0.0279. The van der Waals surface area contributed by atoms with Crippen LogP contribution in [0, 0.1) is 0 Å². The van der Waals surface area contributed by atoms with Crippen molar-refractivity contribution in [1.82, 2.24) is 19.7 Å². The number of hydrogen-bond donors (Lipinski definition) is 1. The Balaban J connectivity index is 1.18. The van der Waals surface area contributed by atoms with E-state index in [2.05, 4.69) is 33.0 Å². The number of pyridine rings is 1. The normalized spacial score (nSPS) is 21.3. The van der Waals surface area contributed by atoms with Crippen LogP contribution in [0.5, 0.6) is 5.75 Å². The summed E-state index contributed by atoms with van der Waals surface area (Å²) < 4.78 is 11.3. The molecule has 5 rings (SSSR count). The predicted octanol–water partition coefficient (Wildman–Crippen LogP) is 3.38. The van der Waals surface area contributed by atoms with Crippen LogP contribution in [-0.2, 0) is 23.4 Å². The number of carbonyl (C=O) groups excluding carboxylic acids is 1. The molecule has 1 N–H and O–H groups in total. The standard InChI is InChI=1S/C28H38N4O4/c1-2-35-27(33)31-12-7-25(8-13-31)32-16-17-36-26-6-5-22(18-23(26)21-32)20-30-14-9-28(34,10-15-30)24-4-3-11-29-19-24/h3-6,11,18-19,25,34H,2,7-10,12-17,20-21H2,1H3. The maximum Gasteiger partial charge on any atom is 0.409 e. The van der Waals surface area contributed by atoms with Crippen LogP contribution in [0.1, 0.15) is 49.3 Å². The van der Waals surface area contributed by atoms with Crippen molar-refractivity contribution in [1.29, 1.82) is 0 Å². The van der Waals surface area contributed by atoms with E-state index >= 15 is 0 Å². The molecule has 2 saturated heterocycles. The minimum atomic E-state index is -0.782. The summed E-state index contributed by atoms with van der Waals surface area (Å²) in [7, 11) is 0. The number of benzene rings is 1. The molecule has 8 nitrogen and oxygen atoms in total. The van der Waals surface area contributed by atoms with Gasteiger partial charge in [-0.1, -0.05) is 12.1 Å². The molecule has 36 heavy (non-hydrogen) atoms. The Morgan fingerprint density at radius 2 is 1.97 bits per heavy atom. The first kappa shape index (κ1) is 25.0. The number of nitrogens with zero attached hydrogens (tertiary/aromatic N) is 4. The zero-order valence-corrected chi connectivity index (χ0v) is 21.3. The van der Waals surface area contributed by atoms with Crippen molar-refractivity contribution in [2.24, 2.45) is 0 Å². The number of ether oxygens (including phenoxy) is 2. The van der Waals surface area contributed by atoms with Crippen LogP contribution in [0.2, 0.25) is 0 Å². The number of carbonyl (C=O) groups is 1. The van der Waals surface area contributed by atoms with Gasteiger partial charge in [-0.2, -0.15) is 0 Å². The summed E-state index contributed by atoms with van der Waals surface area (Å²) in [4.78, 5) is 23.0. The second-order valence-electron chi connectivity index (χ2n) is 10.2. The summed E-state index contributed by atoms with van der Waals surface area (Å²) in [6.45, 7) is 8.78. The van der Waals surface area contributed by atoms with Crippen LogP contribution in [0.15, 0.2) is 42.7 Å². The lowest BCUT2D eigenvalue weighted by atomic mass is 9.85. The second-order valence-corrected chi connectivity index (χ2v) is 10.2. The van der Waals surface area contributed by atoms with Gasteiger partial charge in [0.25, 0.3) is 0 Å². The quantitative estimate of drug-likeness (QED) is 0.683. The Bertz CT molecular complexity index is 1020. The van der Waals surface area contributed by atoms with Gasteiger partial charge in [0, 0.05) is 75.4 Å². The molecular weight excluding hydrogens is 456 g/mol. The molecule has 0 saturated carbocycles. The molecule has 1 aromatic carbocycles. The molecule has 194 valence electrons. The van der Waals surface area contributed by atoms with Crippen LogP contribution in [0.3, 0.4) is 0 Å². The lowest BCUT2D eigenvalue weighted by Crippen LogP contribution is -2.47. The van der Waals surface area contributed by atoms with Crippen LogP contribution < -0.4 is 4.74 Å². The maximum atomic E-state index is 12.1. The van der Waals surface area contributed by atoms with E-state index in [9.17, 15) is 9.90 Å². The molecule has 3 aliphatic heterocycles. The van der Waals surface area contributed by atoms with Gasteiger partial charge in [0.2, 0.25) is 0 Å². The van der Waals surface area contributed by atoms with Gasteiger partial charge >= 0.3 is 6.09 Å². The number of hydrogen-bond acceptors (Lipinski definition) is 7. The number of rotatable bonds is 5. The van der Waals surface area contributed by atoms with Crippen molar-refractivity contribution >= 4 is 6.09 Å². The molecule has 0 aliphatic carbocycles. The van der Waals surface area contributed by atoms with Gasteiger partial charge in [0.15, 0.2) is 0 Å². The van der Waals surface area contributed by atoms with Gasteiger partial charge in [-0.25, -0.2) is 4.79 Å². The average Bonchev–Trinajstić information content (AvgIpc) is 3.13. The molecular formula is C28H38N4O4. The molecule has 1 amide bonds. The molecule has 4 heterocycles. The smallest absolute Gasteiger partial charge is 0.409 e. The van der Waals surface area contributed by atoms with E-state index in [0.29, 0.717) is 32.1 Å². The van der Waals surface area contributed by atoms with Crippen LogP contribution >= 0.6 is 0 Å². The van der Waals surface area contributed by atoms with E-state index in [0.717, 1.165) is 70.0 Å². The molecule has 1 aromatic heterocycles. The fourth-order valence-corrected chi connectivity index (χ4v) is 5.77. The summed E-state index contributed by atoms with van der Waals surface area (Å²) >= 11 is 0. The summed E-state index contributed by atoms with van der Waals surface area (Å²) in [5.41, 5.74) is 2.65. The van der Waals surface area contributed by atoms with Crippen LogP contribution in [0.4, 0.5) is 4.79 Å². The molecule has 0 spiro atoms. The third kappa shape index (κ3) is 5.66. The number of aromatic nitrogens is 1. The van der Waals surface area contributed by atoms with E-state index in [1.54, 1.807) is 12.4 Å². The SMILES string of the molecule is CCOC(=O)N1CCC(N2CCOc3ccc(CN4CCC(O)(c5cccnc5)CC4)cc3C2)CC1. The molecule has 2 aromatic rings. The Labute approximate surface area is 213 Å². The highest BCUT2D eigenvalue weighted by molar-refractivity contribution is 5.67. The van der Waals surface area contributed by atoms with Crippen LogP contribution in [0.25, 0.3) is 0 Å². The molecule has 2 fully saturated rings. The lowest BCUT2D eigenvalue weighted by Gasteiger charge is -2.38. The summed E-state index contributed by atoms with van der Waals surface area (Å²) in [5, 5.41) is 11.1. The summed E-state index contributed by atoms with van der Waals surface area (Å²) in [5.74, 6) is 0.981. The molecule has 3 aliphatic rings. The van der Waals surface area contributed by atoms with Crippen LogP contribution in [-0.4, -0.2) is 82.9 Å². The van der Waals surface area contributed by atoms with Crippen molar-refractivity contribution in [2.45, 2.75) is 57.3 Å². The highest BCUT2D eigenvalue weighted by Crippen LogP contribution is 2.33. The number of likely N-dealkylation sites (tertiary alicyclic amines) is 2. The topological polar surface area (TPSA) is 78.4 Å². The highest BCUT2D eigenvalue weighted by Gasteiger charge is 2.34. The molecule has 0 unspecified atom stereocenters. The number of aliphatic hydroxyl groups is 1. The Kier molecular flexibility index (Phi) is 7.74. The predicted molar refractivity (Wildman–Crippen MR) is 137 cm³/mol. The highest BCUT2D eigenvalue weighted by atomic mass is 16.6. The molecule has 0 bridgehead atoms. The van der Waals surface area contributed by atoms with Gasteiger partial charge in [-0.3, -0.25) is 14.8 Å². The average molecular weight is 495 g/mol. The third-order valence-electron chi connectivity index (χ3n) is 7.93. The minimum Gasteiger partial charge on any atom is -0.492 e. The number of piperidine rings is 2. The van der Waals surface area contributed by atoms with Crippen molar-refractivity contribution < 1.29 is 19.4 Å². The number of fused-ring (bicyclic) bond motifs is 1. The van der Waals surface area contributed by atoms with E-state index in [-0.39, 0.29) is 6.09 Å². The zero-order valence-electron chi connectivity index (χ0n) is 21.3. The molecule has 0 atom stereocenters. The monoisotopic (exact) mass is 494 g/mol. The van der Waals surface area contributed by atoms with E-state index < -0.39 is 5.60 Å². The third-order valence-corrected chi connectivity index (χ3v) is 7.93. The van der Waals surface area contributed by atoms with Crippen molar-refractivity contribution in [3.8, 4) is 5.75 Å². The van der Waals surface area contributed by atoms with Gasteiger partial charge in [-0.15, -0.1) is 0 Å². The van der Waals surface area contributed by atoms with Gasteiger partial charge in [0.1, 0.15) is 12.4 Å². The van der Waals surface area contributed by atoms with Crippen molar-refractivity contribution in [3.63, 3.8) is 0 Å². The fourth-order valence-electron chi connectivity index (χ4n) is 5.77. The summed E-state index contributed by atoms with van der Waals surface area (Å²) in [6.07, 6.45) is 6.69.